The van der Waals surface area contributed by atoms with Gasteiger partial charge in [0.1, 0.15) is 0 Å². The highest BCUT2D eigenvalue weighted by molar-refractivity contribution is 7.83. The van der Waals surface area contributed by atoms with E-state index in [4.69, 9.17) is 4.55 Å². The van der Waals surface area contributed by atoms with Gasteiger partial charge in [-0.3, -0.25) is 9.45 Å². The molecule has 0 aromatic carbocycles. The van der Waals surface area contributed by atoms with Crippen LogP contribution in [0.25, 0.3) is 0 Å². The van der Waals surface area contributed by atoms with Crippen LogP contribution in [-0.2, 0) is 10.3 Å². The zero-order valence-electron chi connectivity index (χ0n) is 9.33. The first-order chi connectivity index (χ1) is 7.39. The second kappa shape index (κ2) is 5.89. The van der Waals surface area contributed by atoms with Crippen molar-refractivity contribution in [2.45, 2.75) is 6.10 Å². The summed E-state index contributed by atoms with van der Waals surface area (Å²) in [5.74, 6) is 0. The maximum atomic E-state index is 10.7. The highest BCUT2D eigenvalue weighted by Gasteiger charge is 2.20. The quantitative estimate of drug-likeness (QED) is 0.490. The number of hydrogen-bond acceptors (Lipinski definition) is 5. The first-order valence-corrected chi connectivity index (χ1v) is 6.59. The summed E-state index contributed by atoms with van der Waals surface area (Å²) in [7, 11) is -2.96. The fraction of sp³-hybridized carbons (Fsp3) is 1.00. The normalized spacial score (nSPS) is 21.2. The first kappa shape index (κ1) is 13.8. The van der Waals surface area contributed by atoms with Gasteiger partial charge >= 0.3 is 10.3 Å². The standard InChI is InChI=1S/C8H19N3O4S/c1-10(16(13,14)15)6-8(12)7-11-4-2-9-3-5-11/h8-9,12H,2-7H2,1H3,(H,13,14,15)/t8-/m1/s1. The monoisotopic (exact) mass is 253 g/mol. The topological polar surface area (TPSA) is 93.1 Å². The van der Waals surface area contributed by atoms with E-state index in [1.807, 2.05) is 0 Å². The summed E-state index contributed by atoms with van der Waals surface area (Å²) >= 11 is 0. The molecule has 1 rings (SSSR count). The van der Waals surface area contributed by atoms with Crippen molar-refractivity contribution < 1.29 is 18.1 Å². The molecule has 1 saturated heterocycles. The van der Waals surface area contributed by atoms with Crippen LogP contribution in [0, 0.1) is 0 Å². The van der Waals surface area contributed by atoms with Crippen LogP contribution in [-0.4, -0.2) is 79.7 Å². The Morgan fingerprint density at radius 2 is 2.00 bits per heavy atom. The van der Waals surface area contributed by atoms with Crippen LogP contribution < -0.4 is 5.32 Å². The van der Waals surface area contributed by atoms with Gasteiger partial charge in [-0.2, -0.15) is 12.7 Å². The predicted molar refractivity (Wildman–Crippen MR) is 59.5 cm³/mol. The number of β-amino-alcohol motifs (C(OH)–C–C–N with tert-alkyl or cyclic N) is 1. The maximum absolute atomic E-state index is 10.7. The average molecular weight is 253 g/mol. The van der Waals surface area contributed by atoms with E-state index in [1.54, 1.807) is 0 Å². The minimum absolute atomic E-state index is 0.0945. The molecule has 1 aliphatic rings. The molecule has 96 valence electrons. The molecular formula is C8H19N3O4S. The van der Waals surface area contributed by atoms with E-state index in [0.717, 1.165) is 30.5 Å². The van der Waals surface area contributed by atoms with E-state index in [1.165, 1.54) is 7.05 Å². The lowest BCUT2D eigenvalue weighted by Crippen LogP contribution is -2.48. The summed E-state index contributed by atoms with van der Waals surface area (Å²) in [5, 5.41) is 12.8. The molecule has 0 aliphatic carbocycles. The van der Waals surface area contributed by atoms with Crippen molar-refractivity contribution in [2.75, 3.05) is 46.3 Å². The van der Waals surface area contributed by atoms with Gasteiger partial charge in [0.2, 0.25) is 0 Å². The van der Waals surface area contributed by atoms with Gasteiger partial charge in [0.15, 0.2) is 0 Å². The zero-order valence-corrected chi connectivity index (χ0v) is 10.2. The Kier molecular flexibility index (Phi) is 5.09. The molecule has 16 heavy (non-hydrogen) atoms. The lowest BCUT2D eigenvalue weighted by Gasteiger charge is -2.29. The molecule has 0 spiro atoms. The molecule has 1 aliphatic heterocycles. The largest absolute Gasteiger partial charge is 0.390 e. The van der Waals surface area contributed by atoms with Crippen molar-refractivity contribution in [1.29, 1.82) is 0 Å². The van der Waals surface area contributed by atoms with E-state index < -0.39 is 16.4 Å². The molecule has 7 nitrogen and oxygen atoms in total. The van der Waals surface area contributed by atoms with Gasteiger partial charge < -0.3 is 10.4 Å². The second-order valence-electron chi connectivity index (χ2n) is 3.96. The SMILES string of the molecule is CN(C[C@@H](O)CN1CCNCC1)S(=O)(=O)O. The van der Waals surface area contributed by atoms with Crippen LogP contribution >= 0.6 is 0 Å². The van der Waals surface area contributed by atoms with Crippen LogP contribution in [0.5, 0.6) is 0 Å². The Morgan fingerprint density at radius 1 is 1.44 bits per heavy atom. The summed E-state index contributed by atoms with van der Waals surface area (Å²) in [5.41, 5.74) is 0. The predicted octanol–water partition coefficient (Wildman–Crippen LogP) is -2.01. The summed E-state index contributed by atoms with van der Waals surface area (Å²) < 4.78 is 30.9. The van der Waals surface area contributed by atoms with E-state index in [-0.39, 0.29) is 6.54 Å². The summed E-state index contributed by atoms with van der Waals surface area (Å²) in [6.07, 6.45) is -0.787. The summed E-state index contributed by atoms with van der Waals surface area (Å²) in [4.78, 5) is 2.05. The van der Waals surface area contributed by atoms with Crippen molar-refractivity contribution in [2.24, 2.45) is 0 Å². The molecule has 0 aromatic heterocycles. The molecule has 0 radical (unpaired) electrons. The Morgan fingerprint density at radius 3 is 2.50 bits per heavy atom. The number of nitrogens with one attached hydrogen (secondary N) is 1. The van der Waals surface area contributed by atoms with E-state index >= 15 is 0 Å². The van der Waals surface area contributed by atoms with Crippen molar-refractivity contribution >= 4 is 10.3 Å². The number of aliphatic hydroxyl groups is 1. The number of likely N-dealkylation sites (N-methyl/N-ethyl adjacent to an activating group) is 1. The highest BCUT2D eigenvalue weighted by Crippen LogP contribution is 1.99. The van der Waals surface area contributed by atoms with Gasteiger partial charge in [0.05, 0.1) is 6.10 Å². The van der Waals surface area contributed by atoms with Gasteiger partial charge in [0.25, 0.3) is 0 Å². The van der Waals surface area contributed by atoms with Crippen molar-refractivity contribution in [3.05, 3.63) is 0 Å². The third-order valence-electron chi connectivity index (χ3n) is 2.54. The fourth-order valence-electron chi connectivity index (χ4n) is 1.64. The summed E-state index contributed by atoms with van der Waals surface area (Å²) in [6.45, 7) is 3.76. The lowest BCUT2D eigenvalue weighted by atomic mass is 10.3. The van der Waals surface area contributed by atoms with Crippen LogP contribution in [0.1, 0.15) is 0 Å². The molecular weight excluding hydrogens is 234 g/mol. The van der Waals surface area contributed by atoms with Gasteiger partial charge in [-0.25, -0.2) is 0 Å². The van der Waals surface area contributed by atoms with Crippen LogP contribution in [0.3, 0.4) is 0 Å². The average Bonchev–Trinajstić information content (AvgIpc) is 2.17. The smallest absolute Gasteiger partial charge is 0.335 e. The van der Waals surface area contributed by atoms with Crippen molar-refractivity contribution in [3.8, 4) is 0 Å². The van der Waals surface area contributed by atoms with Crippen LogP contribution in [0.2, 0.25) is 0 Å². The third-order valence-corrected chi connectivity index (χ3v) is 3.48. The lowest BCUT2D eigenvalue weighted by molar-refractivity contribution is 0.0911. The van der Waals surface area contributed by atoms with Crippen molar-refractivity contribution in [1.82, 2.24) is 14.5 Å². The minimum Gasteiger partial charge on any atom is -0.390 e. The number of piperazine rings is 1. The molecule has 1 atom stereocenters. The Hall–Kier alpha value is -0.250. The van der Waals surface area contributed by atoms with Gasteiger partial charge in [-0.05, 0) is 0 Å². The molecule has 1 heterocycles. The summed E-state index contributed by atoms with van der Waals surface area (Å²) in [6, 6.07) is 0. The van der Waals surface area contributed by atoms with Gasteiger partial charge in [-0.1, -0.05) is 0 Å². The molecule has 0 saturated carbocycles. The molecule has 0 aromatic rings. The molecule has 0 amide bonds. The number of hydrogen-bond donors (Lipinski definition) is 3. The van der Waals surface area contributed by atoms with Crippen LogP contribution in [0.15, 0.2) is 0 Å². The van der Waals surface area contributed by atoms with E-state index in [0.29, 0.717) is 6.54 Å². The highest BCUT2D eigenvalue weighted by atomic mass is 32.2. The molecule has 1 fully saturated rings. The molecule has 3 N–H and O–H groups in total. The van der Waals surface area contributed by atoms with Crippen LogP contribution in [0.4, 0.5) is 0 Å². The zero-order chi connectivity index (χ0) is 12.2. The Bertz CT molecular complexity index is 302. The Balaban J connectivity index is 2.32. The minimum atomic E-state index is -4.20. The van der Waals surface area contributed by atoms with Gasteiger partial charge in [-0.15, -0.1) is 0 Å². The molecule has 8 heteroatoms. The molecule has 0 bridgehead atoms. The Labute approximate surface area is 95.9 Å². The van der Waals surface area contributed by atoms with E-state index in [2.05, 4.69) is 10.2 Å². The first-order valence-electron chi connectivity index (χ1n) is 5.19. The third kappa shape index (κ3) is 4.73. The number of nitrogens with zero attached hydrogens (tertiary/aromatic N) is 2. The van der Waals surface area contributed by atoms with Crippen molar-refractivity contribution in [3.63, 3.8) is 0 Å². The van der Waals surface area contributed by atoms with Gasteiger partial charge in [0, 0.05) is 46.3 Å². The second-order valence-corrected chi connectivity index (χ2v) is 5.48. The number of rotatable bonds is 5. The molecule has 0 unspecified atom stereocenters. The maximum Gasteiger partial charge on any atom is 0.335 e. The fourth-order valence-corrected chi connectivity index (χ4v) is 2.00. The van der Waals surface area contributed by atoms with E-state index in [9.17, 15) is 13.5 Å². The number of aliphatic hydroxyl groups excluding tert-OH is 1.